The zero-order valence-electron chi connectivity index (χ0n) is 20.6. The number of hydrogen-bond acceptors (Lipinski definition) is 5. The van der Waals surface area contributed by atoms with Crippen LogP contribution in [0.5, 0.6) is 0 Å². The van der Waals surface area contributed by atoms with Crippen molar-refractivity contribution in [2.75, 3.05) is 26.2 Å². The third-order valence-electron chi connectivity index (χ3n) is 6.42. The normalized spacial score (nSPS) is 15.7. The Bertz CT molecular complexity index is 1330. The minimum atomic E-state index is -0.501. The number of pyridine rings is 1. The van der Waals surface area contributed by atoms with E-state index in [1.54, 1.807) is 46.2 Å². The van der Waals surface area contributed by atoms with Gasteiger partial charge in [-0.15, -0.1) is 0 Å². The van der Waals surface area contributed by atoms with Gasteiger partial charge in [-0.1, -0.05) is 36.7 Å². The molecular formula is C27H29ClN4O4. The Hall–Kier alpha value is -3.65. The Morgan fingerprint density at radius 1 is 1.11 bits per heavy atom. The summed E-state index contributed by atoms with van der Waals surface area (Å²) in [6, 6.07) is 12.0. The van der Waals surface area contributed by atoms with Gasteiger partial charge in [-0.3, -0.25) is 9.59 Å². The zero-order chi connectivity index (χ0) is 26.0. The molecule has 2 N–H and O–H groups in total. The van der Waals surface area contributed by atoms with Gasteiger partial charge in [0.2, 0.25) is 5.91 Å². The summed E-state index contributed by atoms with van der Waals surface area (Å²) >= 11 is 6.69. The molecule has 2 aromatic carbocycles. The Morgan fingerprint density at radius 2 is 1.81 bits per heavy atom. The minimum Gasteiger partial charge on any atom is -0.449 e. The quantitative estimate of drug-likeness (QED) is 0.539. The van der Waals surface area contributed by atoms with Crippen molar-refractivity contribution in [1.29, 1.82) is 0 Å². The number of carbonyl (C=O) groups is 3. The molecule has 1 aliphatic heterocycles. The molecule has 1 aliphatic rings. The summed E-state index contributed by atoms with van der Waals surface area (Å²) in [6.45, 7) is 7.37. The summed E-state index contributed by atoms with van der Waals surface area (Å²) in [4.78, 5) is 45.2. The average Bonchev–Trinajstić information content (AvgIpc) is 2.88. The van der Waals surface area contributed by atoms with E-state index in [-0.39, 0.29) is 18.0 Å². The third-order valence-corrected chi connectivity index (χ3v) is 6.91. The largest absolute Gasteiger partial charge is 0.449 e. The Morgan fingerprint density at radius 3 is 2.44 bits per heavy atom. The number of rotatable bonds is 5. The van der Waals surface area contributed by atoms with Crippen LogP contribution in [0.1, 0.15) is 46.5 Å². The maximum atomic E-state index is 13.3. The van der Waals surface area contributed by atoms with E-state index in [0.717, 1.165) is 22.9 Å². The highest BCUT2D eigenvalue weighted by Gasteiger charge is 2.31. The number of carbonyl (C=O) groups excluding carboxylic acids is 3. The van der Waals surface area contributed by atoms with Gasteiger partial charge in [0.1, 0.15) is 0 Å². The van der Waals surface area contributed by atoms with E-state index < -0.39 is 5.91 Å². The lowest BCUT2D eigenvalue weighted by Gasteiger charge is -2.39. The molecule has 3 aromatic rings. The van der Waals surface area contributed by atoms with Crippen LogP contribution in [0.25, 0.3) is 22.2 Å². The number of piperazine rings is 1. The van der Waals surface area contributed by atoms with Crippen LogP contribution >= 0.6 is 11.6 Å². The van der Waals surface area contributed by atoms with Gasteiger partial charge in [-0.2, -0.15) is 0 Å². The molecule has 1 fully saturated rings. The summed E-state index contributed by atoms with van der Waals surface area (Å²) in [5, 5.41) is 1.31. The standard InChI is InChI=1S/C27H29ClN4O4/c1-4-13-36-27(35)32-12-11-31(15-16(32)2)26(34)20-9-10-21-22(14-20)30-24(17(3)23(21)28)18-5-7-19(8-6-18)25(29)33/h5-10,14,16H,4,11-13,15H2,1-3H3,(H2,29,33)/t16-/m1/s1. The summed E-state index contributed by atoms with van der Waals surface area (Å²) in [5.41, 5.74) is 9.11. The maximum Gasteiger partial charge on any atom is 0.410 e. The van der Waals surface area contributed by atoms with Gasteiger partial charge in [-0.25, -0.2) is 9.78 Å². The first-order valence-electron chi connectivity index (χ1n) is 11.9. The van der Waals surface area contributed by atoms with Gasteiger partial charge < -0.3 is 20.3 Å². The van der Waals surface area contributed by atoms with Crippen molar-refractivity contribution in [2.45, 2.75) is 33.2 Å². The predicted octanol–water partition coefficient (Wildman–Crippen LogP) is 4.66. The average molecular weight is 509 g/mol. The molecule has 1 atom stereocenters. The molecule has 0 spiro atoms. The van der Waals surface area contributed by atoms with Crippen LogP contribution in [0.3, 0.4) is 0 Å². The second-order valence-corrected chi connectivity index (χ2v) is 9.36. The first-order valence-corrected chi connectivity index (χ1v) is 12.3. The minimum absolute atomic E-state index is 0.129. The van der Waals surface area contributed by atoms with Crippen molar-refractivity contribution in [3.8, 4) is 11.3 Å². The van der Waals surface area contributed by atoms with Crippen molar-refractivity contribution in [3.05, 3.63) is 64.2 Å². The number of amides is 3. The molecular weight excluding hydrogens is 480 g/mol. The molecule has 3 amide bonds. The van der Waals surface area contributed by atoms with Gasteiger partial charge >= 0.3 is 6.09 Å². The first kappa shape index (κ1) is 25.4. The van der Waals surface area contributed by atoms with E-state index in [1.165, 1.54) is 0 Å². The molecule has 0 bridgehead atoms. The van der Waals surface area contributed by atoms with E-state index in [2.05, 4.69) is 0 Å². The van der Waals surface area contributed by atoms with E-state index in [9.17, 15) is 14.4 Å². The lowest BCUT2D eigenvalue weighted by molar-refractivity contribution is 0.0412. The fourth-order valence-electron chi connectivity index (χ4n) is 4.39. The number of primary amides is 1. The van der Waals surface area contributed by atoms with Crippen molar-refractivity contribution in [1.82, 2.24) is 14.8 Å². The molecule has 36 heavy (non-hydrogen) atoms. The summed E-state index contributed by atoms with van der Waals surface area (Å²) in [6.07, 6.45) is 0.422. The topological polar surface area (TPSA) is 106 Å². The molecule has 0 radical (unpaired) electrons. The van der Waals surface area contributed by atoms with E-state index >= 15 is 0 Å². The van der Waals surface area contributed by atoms with Gasteiger partial charge in [0.05, 0.1) is 22.8 Å². The SMILES string of the molecule is CCCOC(=O)N1CCN(C(=O)c2ccc3c(Cl)c(C)c(-c4ccc(C(N)=O)cc4)nc3c2)C[C@H]1C. The second-order valence-electron chi connectivity index (χ2n) is 8.98. The Balaban J connectivity index is 1.59. The van der Waals surface area contributed by atoms with Crippen LogP contribution in [-0.2, 0) is 4.74 Å². The molecule has 1 saturated heterocycles. The number of ether oxygens (including phenoxy) is 1. The van der Waals surface area contributed by atoms with Gasteiger partial charge in [0.25, 0.3) is 5.91 Å². The number of halogens is 1. The molecule has 8 nitrogen and oxygen atoms in total. The van der Waals surface area contributed by atoms with Gasteiger partial charge in [0.15, 0.2) is 0 Å². The lowest BCUT2D eigenvalue weighted by Crippen LogP contribution is -2.55. The fraction of sp³-hybridized carbons (Fsp3) is 0.333. The molecule has 0 aliphatic carbocycles. The highest BCUT2D eigenvalue weighted by molar-refractivity contribution is 6.36. The lowest BCUT2D eigenvalue weighted by atomic mass is 10.0. The predicted molar refractivity (Wildman–Crippen MR) is 139 cm³/mol. The van der Waals surface area contributed by atoms with E-state index in [4.69, 9.17) is 27.1 Å². The van der Waals surface area contributed by atoms with Crippen LogP contribution in [0.15, 0.2) is 42.5 Å². The summed E-state index contributed by atoms with van der Waals surface area (Å²) in [7, 11) is 0. The summed E-state index contributed by atoms with van der Waals surface area (Å²) in [5.74, 6) is -0.630. The van der Waals surface area contributed by atoms with Crippen molar-refractivity contribution < 1.29 is 19.1 Å². The molecule has 4 rings (SSSR count). The molecule has 9 heteroatoms. The smallest absolute Gasteiger partial charge is 0.410 e. The van der Waals surface area contributed by atoms with Crippen molar-refractivity contribution in [3.63, 3.8) is 0 Å². The third kappa shape index (κ3) is 4.99. The second kappa shape index (κ2) is 10.5. The van der Waals surface area contributed by atoms with Crippen LogP contribution in [0.4, 0.5) is 4.79 Å². The summed E-state index contributed by atoms with van der Waals surface area (Å²) < 4.78 is 5.26. The number of aromatic nitrogens is 1. The van der Waals surface area contributed by atoms with Gasteiger partial charge in [-0.05, 0) is 50.1 Å². The highest BCUT2D eigenvalue weighted by Crippen LogP contribution is 2.33. The Labute approximate surface area is 215 Å². The van der Waals surface area contributed by atoms with Crippen LogP contribution in [0.2, 0.25) is 5.02 Å². The van der Waals surface area contributed by atoms with Crippen molar-refractivity contribution in [2.24, 2.45) is 5.73 Å². The zero-order valence-corrected chi connectivity index (χ0v) is 21.3. The van der Waals surface area contributed by atoms with Crippen molar-refractivity contribution >= 4 is 40.4 Å². The molecule has 1 aromatic heterocycles. The highest BCUT2D eigenvalue weighted by atomic mass is 35.5. The number of hydrogen-bond donors (Lipinski definition) is 1. The number of nitrogens with two attached hydrogens (primary N) is 1. The maximum absolute atomic E-state index is 13.3. The Kier molecular flexibility index (Phi) is 7.45. The van der Waals surface area contributed by atoms with Crippen LogP contribution in [0, 0.1) is 6.92 Å². The number of nitrogens with zero attached hydrogens (tertiary/aromatic N) is 3. The van der Waals surface area contributed by atoms with Gasteiger partial charge in [0, 0.05) is 47.8 Å². The number of benzene rings is 2. The van der Waals surface area contributed by atoms with Crippen LogP contribution < -0.4 is 5.73 Å². The van der Waals surface area contributed by atoms with E-state index in [0.29, 0.717) is 53.6 Å². The fourth-order valence-corrected chi connectivity index (χ4v) is 4.64. The molecule has 0 unspecified atom stereocenters. The van der Waals surface area contributed by atoms with Crippen LogP contribution in [-0.4, -0.2) is 65.0 Å². The monoisotopic (exact) mass is 508 g/mol. The molecule has 188 valence electrons. The molecule has 2 heterocycles. The number of fused-ring (bicyclic) bond motifs is 1. The molecule has 0 saturated carbocycles. The first-order chi connectivity index (χ1) is 17.2. The van der Waals surface area contributed by atoms with E-state index in [1.807, 2.05) is 26.8 Å².